The molecule has 0 unspecified atom stereocenters. The summed E-state index contributed by atoms with van der Waals surface area (Å²) in [5.74, 6) is 1.19. The minimum atomic E-state index is 1.19. The van der Waals surface area contributed by atoms with Crippen molar-refractivity contribution in [2.24, 2.45) is 0 Å². The molecule has 10 heavy (non-hydrogen) atoms. The van der Waals surface area contributed by atoms with Gasteiger partial charge in [0.1, 0.15) is 0 Å². The van der Waals surface area contributed by atoms with Crippen LogP contribution >= 0.6 is 22.5 Å². The quantitative estimate of drug-likeness (QED) is 0.398. The van der Waals surface area contributed by atoms with Gasteiger partial charge in [0.05, 0.1) is 0 Å². The van der Waals surface area contributed by atoms with Crippen LogP contribution in [0.3, 0.4) is 0 Å². The molecule has 1 fully saturated rings. The van der Waals surface area contributed by atoms with Gasteiger partial charge in [0.2, 0.25) is 0 Å². The van der Waals surface area contributed by atoms with Crippen LogP contribution in [-0.2, 0) is 0 Å². The third-order valence-electron chi connectivity index (χ3n) is 1.91. The minimum Gasteiger partial charge on any atom is -0.303 e. The Labute approximate surface area is 72.4 Å². The molecule has 0 aromatic rings. The van der Waals surface area contributed by atoms with E-state index in [0.29, 0.717) is 0 Å². The predicted octanol–water partition coefficient (Wildman–Crippen LogP) is 2.05. The van der Waals surface area contributed by atoms with Crippen molar-refractivity contribution >= 4 is 22.5 Å². The molecule has 1 heterocycles. The van der Waals surface area contributed by atoms with E-state index in [1.165, 1.54) is 44.6 Å². The second-order valence-corrected chi connectivity index (χ2v) is 4.18. The molecule has 1 aliphatic heterocycles. The summed E-state index contributed by atoms with van der Waals surface area (Å²) in [6.45, 7) is 3.95. The molecule has 0 aromatic heterocycles. The fourth-order valence-corrected chi connectivity index (χ4v) is 2.00. The van der Waals surface area contributed by atoms with Crippen molar-refractivity contribution in [1.82, 2.24) is 4.90 Å². The normalized spacial score (nSPS) is 20.1. The minimum absolute atomic E-state index is 1.19. The lowest BCUT2D eigenvalue weighted by atomic mass is 10.4. The van der Waals surface area contributed by atoms with Gasteiger partial charge in [-0.05, 0) is 38.9 Å². The van der Waals surface area contributed by atoms with E-state index >= 15 is 0 Å². The molecule has 0 saturated carbocycles. The SMILES string of the molecule is SSCCCN1CCCC1. The van der Waals surface area contributed by atoms with Crippen molar-refractivity contribution < 1.29 is 0 Å². The molecule has 0 bridgehead atoms. The first-order chi connectivity index (χ1) is 4.93. The summed E-state index contributed by atoms with van der Waals surface area (Å²) in [5.41, 5.74) is 0. The lowest BCUT2D eigenvalue weighted by Gasteiger charge is -2.12. The summed E-state index contributed by atoms with van der Waals surface area (Å²) < 4.78 is 0. The van der Waals surface area contributed by atoms with E-state index in [4.69, 9.17) is 0 Å². The van der Waals surface area contributed by atoms with Crippen LogP contribution in [0.25, 0.3) is 0 Å². The van der Waals surface area contributed by atoms with Crippen LogP contribution in [0.1, 0.15) is 19.3 Å². The highest BCUT2D eigenvalue weighted by Gasteiger charge is 2.09. The number of likely N-dealkylation sites (tertiary alicyclic amines) is 1. The van der Waals surface area contributed by atoms with E-state index < -0.39 is 0 Å². The average Bonchev–Trinajstić information content (AvgIpc) is 2.41. The summed E-state index contributed by atoms with van der Waals surface area (Å²) in [6.07, 6.45) is 4.12. The topological polar surface area (TPSA) is 3.24 Å². The first-order valence-corrected chi connectivity index (χ1v) is 5.96. The van der Waals surface area contributed by atoms with Gasteiger partial charge in [0, 0.05) is 5.75 Å². The molecule has 0 spiro atoms. The fourth-order valence-electron chi connectivity index (χ4n) is 1.36. The smallest absolute Gasteiger partial charge is 0.00466 e. The molecule has 0 amide bonds. The summed E-state index contributed by atoms with van der Waals surface area (Å²) in [5, 5.41) is 0. The van der Waals surface area contributed by atoms with Crippen LogP contribution in [0.15, 0.2) is 0 Å². The molecule has 3 heteroatoms. The van der Waals surface area contributed by atoms with E-state index in [0.717, 1.165) is 0 Å². The zero-order valence-electron chi connectivity index (χ0n) is 6.25. The van der Waals surface area contributed by atoms with Crippen molar-refractivity contribution in [3.63, 3.8) is 0 Å². The maximum absolute atomic E-state index is 4.10. The first kappa shape index (κ1) is 8.75. The lowest BCUT2D eigenvalue weighted by Crippen LogP contribution is -2.20. The molecule has 1 aliphatic rings. The van der Waals surface area contributed by atoms with Gasteiger partial charge in [-0.2, -0.15) is 0 Å². The molecule has 1 nitrogen and oxygen atoms in total. The Bertz CT molecular complexity index is 81.7. The van der Waals surface area contributed by atoms with E-state index in [1.54, 1.807) is 10.8 Å². The molecule has 60 valence electrons. The van der Waals surface area contributed by atoms with Crippen LogP contribution in [-0.4, -0.2) is 30.3 Å². The zero-order valence-corrected chi connectivity index (χ0v) is 7.96. The van der Waals surface area contributed by atoms with E-state index in [2.05, 4.69) is 16.6 Å². The average molecular weight is 177 g/mol. The number of rotatable bonds is 4. The van der Waals surface area contributed by atoms with E-state index in [1.807, 2.05) is 0 Å². The summed E-state index contributed by atoms with van der Waals surface area (Å²) in [7, 11) is 1.65. The van der Waals surface area contributed by atoms with Gasteiger partial charge in [0.25, 0.3) is 0 Å². The number of nitrogens with zero attached hydrogens (tertiary/aromatic N) is 1. The molecule has 1 saturated heterocycles. The highest BCUT2D eigenvalue weighted by atomic mass is 33.1. The van der Waals surface area contributed by atoms with Crippen LogP contribution in [0.2, 0.25) is 0 Å². The Kier molecular flexibility index (Phi) is 4.66. The zero-order chi connectivity index (χ0) is 7.23. The summed E-state index contributed by atoms with van der Waals surface area (Å²) in [6, 6.07) is 0. The van der Waals surface area contributed by atoms with Gasteiger partial charge in [-0.3, -0.25) is 0 Å². The standard InChI is InChI=1S/C7H15NS2/c9-10-7-3-6-8-4-1-2-5-8/h9H,1-7H2. The van der Waals surface area contributed by atoms with Gasteiger partial charge in [0.15, 0.2) is 0 Å². The Morgan fingerprint density at radius 3 is 2.60 bits per heavy atom. The van der Waals surface area contributed by atoms with Crippen molar-refractivity contribution in [3.05, 3.63) is 0 Å². The Hall–Kier alpha value is 0.660. The molecule has 0 N–H and O–H groups in total. The van der Waals surface area contributed by atoms with Crippen LogP contribution in [0.5, 0.6) is 0 Å². The summed E-state index contributed by atoms with van der Waals surface area (Å²) in [4.78, 5) is 2.55. The van der Waals surface area contributed by atoms with Gasteiger partial charge in [-0.1, -0.05) is 10.8 Å². The highest BCUT2D eigenvalue weighted by Crippen LogP contribution is 2.10. The van der Waals surface area contributed by atoms with Crippen molar-refractivity contribution in [1.29, 1.82) is 0 Å². The lowest BCUT2D eigenvalue weighted by molar-refractivity contribution is 0.341. The summed E-state index contributed by atoms with van der Waals surface area (Å²) >= 11 is 4.10. The molecular weight excluding hydrogens is 162 g/mol. The van der Waals surface area contributed by atoms with Gasteiger partial charge >= 0.3 is 0 Å². The molecule has 0 aromatic carbocycles. The number of hydrogen-bond donors (Lipinski definition) is 1. The van der Waals surface area contributed by atoms with Crippen LogP contribution in [0, 0.1) is 0 Å². The number of hydrogen-bond acceptors (Lipinski definition) is 3. The van der Waals surface area contributed by atoms with Crippen molar-refractivity contribution in [3.8, 4) is 0 Å². The largest absolute Gasteiger partial charge is 0.303 e. The fraction of sp³-hybridized carbons (Fsp3) is 1.00. The van der Waals surface area contributed by atoms with Crippen LogP contribution in [0.4, 0.5) is 0 Å². The molecule has 0 aliphatic carbocycles. The monoisotopic (exact) mass is 177 g/mol. The molecule has 1 rings (SSSR count). The van der Waals surface area contributed by atoms with Crippen molar-refractivity contribution in [2.75, 3.05) is 25.4 Å². The van der Waals surface area contributed by atoms with E-state index in [-0.39, 0.29) is 0 Å². The molecule has 0 radical (unpaired) electrons. The third kappa shape index (κ3) is 3.17. The van der Waals surface area contributed by atoms with Crippen molar-refractivity contribution in [2.45, 2.75) is 19.3 Å². The Balaban J connectivity index is 1.91. The second kappa shape index (κ2) is 5.33. The maximum Gasteiger partial charge on any atom is 0.00466 e. The molecule has 0 atom stereocenters. The predicted molar refractivity (Wildman–Crippen MR) is 51.7 cm³/mol. The third-order valence-corrected chi connectivity index (χ3v) is 2.93. The van der Waals surface area contributed by atoms with Crippen LogP contribution < -0.4 is 0 Å². The van der Waals surface area contributed by atoms with Gasteiger partial charge < -0.3 is 4.90 Å². The first-order valence-electron chi connectivity index (χ1n) is 3.92. The highest BCUT2D eigenvalue weighted by molar-refractivity contribution is 8.68. The van der Waals surface area contributed by atoms with Gasteiger partial charge in [-0.25, -0.2) is 0 Å². The second-order valence-electron chi connectivity index (χ2n) is 2.74. The maximum atomic E-state index is 4.10. The Morgan fingerprint density at radius 2 is 2.00 bits per heavy atom. The molecular formula is C7H15NS2. The Morgan fingerprint density at radius 1 is 1.30 bits per heavy atom. The van der Waals surface area contributed by atoms with E-state index in [9.17, 15) is 0 Å². The van der Waals surface area contributed by atoms with Gasteiger partial charge in [-0.15, -0.1) is 11.7 Å². The number of thiol groups is 1.